The normalized spacial score (nSPS) is 17.8. The molecule has 7 rings (SSSR count). The van der Waals surface area contributed by atoms with Gasteiger partial charge in [-0.2, -0.15) is 0 Å². The number of fused-ring (bicyclic) bond motifs is 8. The van der Waals surface area contributed by atoms with Crippen LogP contribution in [0.3, 0.4) is 0 Å². The largest absolute Gasteiger partial charge is 0.262 e. The Balaban J connectivity index is 0.000000299. The van der Waals surface area contributed by atoms with E-state index in [0.717, 1.165) is 47.5 Å². The van der Waals surface area contributed by atoms with E-state index in [1.807, 2.05) is 36.9 Å². The van der Waals surface area contributed by atoms with Crippen LogP contribution in [0.1, 0.15) is 38.7 Å². The number of thioether (sulfide) groups is 1. The minimum Gasteiger partial charge on any atom is -0.262 e. The summed E-state index contributed by atoms with van der Waals surface area (Å²) < 4.78 is 4.21. The Morgan fingerprint density at radius 2 is 1.25 bits per heavy atom. The van der Waals surface area contributed by atoms with Crippen molar-refractivity contribution >= 4 is 97.3 Å². The molecule has 8 heteroatoms. The second-order valence-corrected chi connectivity index (χ2v) is 13.9. The lowest BCUT2D eigenvalue weighted by Gasteiger charge is -2.36. The van der Waals surface area contributed by atoms with Gasteiger partial charge in [-0.1, -0.05) is 37.9 Å². The number of benzene rings is 2. The molecule has 0 aliphatic carbocycles. The number of hydrogen-bond donors (Lipinski definition) is 0. The lowest BCUT2D eigenvalue weighted by Crippen LogP contribution is -2.23. The molecule has 3 nitrogen and oxygen atoms in total. The molecule has 3 aromatic heterocycles. The fraction of sp³-hybridized carbons (Fsp3) is 0.179. The number of aryl methyl sites for hydroxylation is 1. The van der Waals surface area contributed by atoms with Crippen LogP contribution in [0.2, 0.25) is 0 Å². The van der Waals surface area contributed by atoms with E-state index in [9.17, 15) is 0 Å². The molecule has 36 heavy (non-hydrogen) atoms. The molecule has 2 bridgehead atoms. The molecule has 0 radical (unpaired) electrons. The molecule has 2 aromatic carbocycles. The lowest BCUT2D eigenvalue weighted by atomic mass is 9.91. The minimum absolute atomic E-state index is 0.381. The van der Waals surface area contributed by atoms with Crippen molar-refractivity contribution in [3.05, 3.63) is 107 Å². The summed E-state index contributed by atoms with van der Waals surface area (Å²) in [4.78, 5) is 14.2. The molecule has 0 saturated heterocycles. The molecule has 0 saturated carbocycles. The Labute approximate surface area is 247 Å². The number of rotatable bonds is 0. The van der Waals surface area contributed by atoms with Gasteiger partial charge in [0.05, 0.1) is 32.9 Å². The van der Waals surface area contributed by atoms with Crippen LogP contribution in [0.5, 0.6) is 0 Å². The number of hydrogen-bond acceptors (Lipinski definition) is 4. The summed E-state index contributed by atoms with van der Waals surface area (Å²) in [6.45, 7) is 1.97. The third kappa shape index (κ3) is 4.80. The van der Waals surface area contributed by atoms with Gasteiger partial charge in [0, 0.05) is 40.6 Å². The summed E-state index contributed by atoms with van der Waals surface area (Å²) in [5, 5.41) is 3.11. The highest BCUT2D eigenvalue weighted by molar-refractivity contribution is 9.11. The summed E-state index contributed by atoms with van der Waals surface area (Å²) in [7, 11) is 0. The van der Waals surface area contributed by atoms with Gasteiger partial charge >= 0.3 is 0 Å². The molecule has 2 aliphatic heterocycles. The van der Waals surface area contributed by atoms with Crippen LogP contribution in [0.15, 0.2) is 78.7 Å². The maximum Gasteiger partial charge on any atom is 0.0848 e. The van der Waals surface area contributed by atoms with Crippen molar-refractivity contribution in [2.24, 2.45) is 0 Å². The Hall–Kier alpha value is -1.32. The SMILES string of the molecule is Brc1cc(Br)c2nc3c(cc2c1)C[C@@H]1S[C@H]3Cc2cc3cc(Br)cc(Br)c3nc21.Cc1ccccn1. The van der Waals surface area contributed by atoms with Crippen LogP contribution in [0.4, 0.5) is 0 Å². The van der Waals surface area contributed by atoms with E-state index in [4.69, 9.17) is 9.97 Å². The van der Waals surface area contributed by atoms with E-state index in [1.54, 1.807) is 6.20 Å². The van der Waals surface area contributed by atoms with Crippen molar-refractivity contribution in [2.75, 3.05) is 0 Å². The van der Waals surface area contributed by atoms with Crippen LogP contribution in [0.25, 0.3) is 21.8 Å². The van der Waals surface area contributed by atoms with E-state index >= 15 is 0 Å². The fourth-order valence-electron chi connectivity index (χ4n) is 4.88. The van der Waals surface area contributed by atoms with Crippen molar-refractivity contribution in [3.63, 3.8) is 0 Å². The molecule has 180 valence electrons. The highest BCUT2D eigenvalue weighted by Crippen LogP contribution is 2.54. The van der Waals surface area contributed by atoms with Crippen LogP contribution in [-0.2, 0) is 12.8 Å². The molecule has 5 heterocycles. The molecule has 2 atom stereocenters. The summed E-state index contributed by atoms with van der Waals surface area (Å²) >= 11 is 16.6. The monoisotopic (exact) mass is 745 g/mol. The number of aromatic nitrogens is 3. The molecule has 0 N–H and O–H groups in total. The van der Waals surface area contributed by atoms with Gasteiger partial charge in [0.15, 0.2) is 0 Å². The van der Waals surface area contributed by atoms with Gasteiger partial charge in [-0.05, 0) is 111 Å². The third-order valence-electron chi connectivity index (χ3n) is 6.46. The van der Waals surface area contributed by atoms with Crippen molar-refractivity contribution in [1.29, 1.82) is 0 Å². The smallest absolute Gasteiger partial charge is 0.0848 e. The Morgan fingerprint density at radius 1 is 0.722 bits per heavy atom. The van der Waals surface area contributed by atoms with Crippen LogP contribution in [-0.4, -0.2) is 15.0 Å². The first-order valence-electron chi connectivity index (χ1n) is 11.5. The van der Waals surface area contributed by atoms with Gasteiger partial charge in [-0.25, -0.2) is 0 Å². The van der Waals surface area contributed by atoms with Crippen molar-refractivity contribution in [2.45, 2.75) is 30.3 Å². The number of halogens is 4. The standard InChI is InChI=1S/C22H12Br4N2S.C6H7N/c23-13-3-9-1-11-5-17-22-12(2-10-4-14(24)8-16(26)20(10)28-22)6-18(29-17)21(11)27-19(9)15(25)7-13;1-6-4-2-3-5-7-6/h1-4,7-8,17-18H,5-6H2;2-5H,1H3/t17-,18-;/m0./s1. The van der Waals surface area contributed by atoms with Gasteiger partial charge < -0.3 is 0 Å². The second kappa shape index (κ2) is 10.1. The zero-order chi connectivity index (χ0) is 25.0. The van der Waals surface area contributed by atoms with Crippen LogP contribution in [0, 0.1) is 6.92 Å². The van der Waals surface area contributed by atoms with Gasteiger partial charge in [-0.15, -0.1) is 11.8 Å². The Kier molecular flexibility index (Phi) is 7.01. The maximum atomic E-state index is 5.12. The zero-order valence-electron chi connectivity index (χ0n) is 19.1. The fourth-order valence-corrected chi connectivity index (χ4v) is 9.19. The molecule has 2 aliphatic rings. The quantitative estimate of drug-likeness (QED) is 0.158. The Bertz CT molecular complexity index is 1540. The average Bonchev–Trinajstić information content (AvgIpc) is 2.83. The van der Waals surface area contributed by atoms with Crippen molar-refractivity contribution in [3.8, 4) is 0 Å². The summed E-state index contributed by atoms with van der Waals surface area (Å²) in [5.74, 6) is 0. The van der Waals surface area contributed by atoms with Gasteiger partial charge in [0.25, 0.3) is 0 Å². The predicted molar refractivity (Wildman–Crippen MR) is 164 cm³/mol. The first kappa shape index (κ1) is 25.0. The van der Waals surface area contributed by atoms with Crippen LogP contribution >= 0.6 is 75.5 Å². The van der Waals surface area contributed by atoms with Gasteiger partial charge in [-0.3, -0.25) is 15.0 Å². The number of nitrogens with zero attached hydrogens (tertiary/aromatic N) is 3. The third-order valence-corrected chi connectivity index (χ3v) is 10.0. The summed E-state index contributed by atoms with van der Waals surface area (Å²) in [5.41, 5.74) is 8.35. The molecule has 0 spiro atoms. The van der Waals surface area contributed by atoms with Gasteiger partial charge in [0.2, 0.25) is 0 Å². The predicted octanol–water partition coefficient (Wildman–Crippen LogP) is 9.85. The lowest BCUT2D eigenvalue weighted by molar-refractivity contribution is 0.734. The first-order chi connectivity index (χ1) is 17.4. The maximum absolute atomic E-state index is 5.12. The topological polar surface area (TPSA) is 38.7 Å². The first-order valence-corrected chi connectivity index (χ1v) is 15.6. The van der Waals surface area contributed by atoms with Crippen LogP contribution < -0.4 is 0 Å². The molecule has 5 aromatic rings. The minimum atomic E-state index is 0.381. The summed E-state index contributed by atoms with van der Waals surface area (Å²) in [6.07, 6.45) is 3.74. The molecule has 0 fully saturated rings. The van der Waals surface area contributed by atoms with E-state index in [0.29, 0.717) is 10.5 Å². The van der Waals surface area contributed by atoms with E-state index in [2.05, 4.69) is 105 Å². The Morgan fingerprint density at radius 3 is 1.67 bits per heavy atom. The molecule has 0 unspecified atom stereocenters. The highest BCUT2D eigenvalue weighted by atomic mass is 79.9. The highest BCUT2D eigenvalue weighted by Gasteiger charge is 2.37. The van der Waals surface area contributed by atoms with E-state index < -0.39 is 0 Å². The zero-order valence-corrected chi connectivity index (χ0v) is 26.3. The molecule has 0 amide bonds. The number of pyridine rings is 3. The average molecular weight is 749 g/mol. The van der Waals surface area contributed by atoms with Gasteiger partial charge in [0.1, 0.15) is 0 Å². The van der Waals surface area contributed by atoms with E-state index in [1.165, 1.54) is 33.3 Å². The van der Waals surface area contributed by atoms with Crippen molar-refractivity contribution < 1.29 is 0 Å². The molecular formula is C28H19Br4N3S. The van der Waals surface area contributed by atoms with E-state index in [-0.39, 0.29) is 0 Å². The second-order valence-electron chi connectivity index (χ2n) is 8.98. The molecular weight excluding hydrogens is 730 g/mol. The van der Waals surface area contributed by atoms with Crippen molar-refractivity contribution in [1.82, 2.24) is 15.0 Å². The summed E-state index contributed by atoms with van der Waals surface area (Å²) in [6, 6.07) is 19.0.